The number of benzene rings is 2. The summed E-state index contributed by atoms with van der Waals surface area (Å²) >= 11 is 6.09. The second-order valence-electron chi connectivity index (χ2n) is 14.8. The Balaban J connectivity index is 1.51. The first-order chi connectivity index (χ1) is 25.8. The number of ether oxygens (including phenoxy) is 4. The molecule has 9 heteroatoms. The predicted octanol–water partition coefficient (Wildman–Crippen LogP) is 11.0. The molecular weight excluding hydrogens is 690 g/mol. The highest BCUT2D eigenvalue weighted by Gasteiger charge is 2.59. The first-order valence-corrected chi connectivity index (χ1v) is 21.2. The van der Waals surface area contributed by atoms with Crippen LogP contribution < -0.4 is 14.8 Å². The minimum absolute atomic E-state index is 0.00556. The molecule has 53 heavy (non-hydrogen) atoms. The summed E-state index contributed by atoms with van der Waals surface area (Å²) in [6, 6.07) is 12.6. The van der Waals surface area contributed by atoms with Gasteiger partial charge in [-0.3, -0.25) is 0 Å². The molecular formula is C44H68ClNO7. The SMILES string of the molecule is CCCCCCCCCCCCOC(=O)C1(C(=O)OCCCCCCCCCCCC)Oc2ccc(CC(C)NCC(O)c3cccc(Cl)c3)cc2O1. The minimum Gasteiger partial charge on any atom is -0.459 e. The van der Waals surface area contributed by atoms with Crippen molar-refractivity contribution >= 4 is 23.5 Å². The molecule has 3 rings (SSSR count). The molecule has 0 amide bonds. The van der Waals surface area contributed by atoms with Crippen LogP contribution in [0.1, 0.15) is 166 Å². The van der Waals surface area contributed by atoms with Crippen LogP contribution >= 0.6 is 11.6 Å². The second kappa shape index (κ2) is 26.1. The summed E-state index contributed by atoms with van der Waals surface area (Å²) in [7, 11) is 0. The van der Waals surface area contributed by atoms with Crippen molar-refractivity contribution < 1.29 is 33.6 Å². The Bertz CT molecular complexity index is 1280. The molecule has 0 saturated carbocycles. The molecule has 0 radical (unpaired) electrons. The van der Waals surface area contributed by atoms with Crippen LogP contribution in [0, 0.1) is 0 Å². The van der Waals surface area contributed by atoms with Gasteiger partial charge in [-0.1, -0.05) is 159 Å². The number of unbranched alkanes of at least 4 members (excludes halogenated alkanes) is 18. The molecule has 2 aromatic rings. The molecule has 298 valence electrons. The monoisotopic (exact) mass is 757 g/mol. The summed E-state index contributed by atoms with van der Waals surface area (Å²) in [5.41, 5.74) is 1.66. The van der Waals surface area contributed by atoms with E-state index in [9.17, 15) is 14.7 Å². The van der Waals surface area contributed by atoms with Gasteiger partial charge in [0.1, 0.15) is 0 Å². The van der Waals surface area contributed by atoms with Gasteiger partial charge in [0.05, 0.1) is 19.3 Å². The van der Waals surface area contributed by atoms with Gasteiger partial charge in [0.2, 0.25) is 0 Å². The van der Waals surface area contributed by atoms with Crippen molar-refractivity contribution in [2.24, 2.45) is 0 Å². The van der Waals surface area contributed by atoms with E-state index in [1.54, 1.807) is 24.3 Å². The molecule has 1 heterocycles. The lowest BCUT2D eigenvalue weighted by atomic mass is 10.1. The Labute approximate surface area is 325 Å². The van der Waals surface area contributed by atoms with Gasteiger partial charge in [-0.15, -0.1) is 0 Å². The van der Waals surface area contributed by atoms with E-state index >= 15 is 0 Å². The van der Waals surface area contributed by atoms with Crippen LogP contribution in [0.25, 0.3) is 0 Å². The van der Waals surface area contributed by atoms with Crippen molar-refractivity contribution in [3.8, 4) is 11.5 Å². The van der Waals surface area contributed by atoms with Crippen LogP contribution in [-0.4, -0.2) is 48.6 Å². The minimum atomic E-state index is -2.33. The lowest BCUT2D eigenvalue weighted by Crippen LogP contribution is -2.56. The van der Waals surface area contributed by atoms with E-state index in [0.29, 0.717) is 36.6 Å². The quantitative estimate of drug-likeness (QED) is 0.0461. The summed E-state index contributed by atoms with van der Waals surface area (Å²) in [5.74, 6) is -3.52. The van der Waals surface area contributed by atoms with E-state index in [0.717, 1.165) is 36.8 Å². The molecule has 0 saturated heterocycles. The normalized spacial score (nSPS) is 14.2. The average Bonchev–Trinajstić information content (AvgIpc) is 3.55. The molecule has 0 aromatic heterocycles. The molecule has 1 aliphatic heterocycles. The van der Waals surface area contributed by atoms with Gasteiger partial charge in [-0.2, -0.15) is 0 Å². The highest BCUT2D eigenvalue weighted by Crippen LogP contribution is 2.41. The molecule has 2 aromatic carbocycles. The standard InChI is InChI=1S/C44H68ClNO7/c1-4-6-8-10-12-14-16-18-20-22-29-50-42(48)44(43(49)51-30-23-21-19-17-15-13-11-9-7-5-2)52-40-28-27-36(32-41(40)53-44)31-35(3)46-34-39(47)37-25-24-26-38(45)33-37/h24-28,32-33,35,39,46-47H,4-23,29-31,34H2,1-3H3. The Hall–Kier alpha value is -2.81. The lowest BCUT2D eigenvalue weighted by Gasteiger charge is -2.23. The third-order valence-electron chi connectivity index (χ3n) is 9.95. The number of aliphatic hydroxyl groups is 1. The van der Waals surface area contributed by atoms with Crippen LogP contribution in [0.2, 0.25) is 5.02 Å². The summed E-state index contributed by atoms with van der Waals surface area (Å²) < 4.78 is 23.3. The zero-order chi connectivity index (χ0) is 38.2. The molecule has 1 aliphatic rings. The van der Waals surface area contributed by atoms with Crippen molar-refractivity contribution in [3.05, 3.63) is 58.6 Å². The van der Waals surface area contributed by atoms with Gasteiger partial charge >= 0.3 is 17.7 Å². The maximum Gasteiger partial charge on any atom is 0.453 e. The average molecular weight is 758 g/mol. The highest BCUT2D eigenvalue weighted by atomic mass is 35.5. The van der Waals surface area contributed by atoms with Crippen molar-refractivity contribution in [1.29, 1.82) is 0 Å². The van der Waals surface area contributed by atoms with Crippen LogP contribution in [0.15, 0.2) is 42.5 Å². The Morgan fingerprint density at radius 1 is 0.698 bits per heavy atom. The van der Waals surface area contributed by atoms with Gasteiger partial charge in [0.25, 0.3) is 0 Å². The van der Waals surface area contributed by atoms with Gasteiger partial charge in [-0.05, 0) is 61.6 Å². The molecule has 8 nitrogen and oxygen atoms in total. The summed E-state index contributed by atoms with van der Waals surface area (Å²) in [6.45, 7) is 7.21. The number of aliphatic hydroxyl groups excluding tert-OH is 1. The Morgan fingerprint density at radius 3 is 1.70 bits per heavy atom. The van der Waals surface area contributed by atoms with Crippen molar-refractivity contribution in [2.45, 2.75) is 174 Å². The van der Waals surface area contributed by atoms with E-state index in [-0.39, 0.29) is 25.0 Å². The number of esters is 2. The molecule has 0 aliphatic carbocycles. The van der Waals surface area contributed by atoms with E-state index in [1.165, 1.54) is 89.9 Å². The zero-order valence-electron chi connectivity index (χ0n) is 32.9. The van der Waals surface area contributed by atoms with Gasteiger partial charge in [0, 0.05) is 17.6 Å². The van der Waals surface area contributed by atoms with Crippen LogP contribution in [-0.2, 0) is 25.5 Å². The van der Waals surface area contributed by atoms with Gasteiger partial charge < -0.3 is 29.4 Å². The fraction of sp³-hybridized carbons (Fsp3) is 0.682. The number of halogens is 1. The highest BCUT2D eigenvalue weighted by molar-refractivity contribution is 6.30. The van der Waals surface area contributed by atoms with E-state index in [2.05, 4.69) is 19.2 Å². The van der Waals surface area contributed by atoms with Gasteiger partial charge in [0.15, 0.2) is 11.5 Å². The van der Waals surface area contributed by atoms with Gasteiger partial charge in [-0.25, -0.2) is 9.59 Å². The summed E-state index contributed by atoms with van der Waals surface area (Å²) in [6.07, 6.45) is 23.2. The number of nitrogens with one attached hydrogen (secondary N) is 1. The first kappa shape index (κ1) is 44.6. The number of fused-ring (bicyclic) bond motifs is 1. The number of carbonyl (C=O) groups excluding carboxylic acids is 2. The molecule has 0 bridgehead atoms. The molecule has 2 N–H and O–H groups in total. The smallest absolute Gasteiger partial charge is 0.453 e. The topological polar surface area (TPSA) is 103 Å². The summed E-state index contributed by atoms with van der Waals surface area (Å²) in [4.78, 5) is 27.1. The molecule has 0 fully saturated rings. The first-order valence-electron chi connectivity index (χ1n) is 20.8. The Kier molecular flexibility index (Phi) is 21.9. The Morgan fingerprint density at radius 2 is 1.19 bits per heavy atom. The van der Waals surface area contributed by atoms with E-state index in [4.69, 9.17) is 30.5 Å². The maximum absolute atomic E-state index is 13.6. The molecule has 2 unspecified atom stereocenters. The third kappa shape index (κ3) is 16.6. The van der Waals surface area contributed by atoms with Crippen LogP contribution in [0.3, 0.4) is 0 Å². The summed E-state index contributed by atoms with van der Waals surface area (Å²) in [5, 5.41) is 14.6. The van der Waals surface area contributed by atoms with Crippen molar-refractivity contribution in [2.75, 3.05) is 19.8 Å². The van der Waals surface area contributed by atoms with Crippen molar-refractivity contribution in [1.82, 2.24) is 5.32 Å². The number of rotatable bonds is 30. The third-order valence-corrected chi connectivity index (χ3v) is 10.2. The zero-order valence-corrected chi connectivity index (χ0v) is 33.7. The fourth-order valence-electron chi connectivity index (χ4n) is 6.69. The molecule has 0 spiro atoms. The fourth-order valence-corrected chi connectivity index (χ4v) is 6.89. The largest absolute Gasteiger partial charge is 0.459 e. The van der Waals surface area contributed by atoms with Crippen molar-refractivity contribution in [3.63, 3.8) is 0 Å². The predicted molar refractivity (Wildman–Crippen MR) is 214 cm³/mol. The van der Waals surface area contributed by atoms with Crippen LogP contribution in [0.5, 0.6) is 11.5 Å². The second-order valence-corrected chi connectivity index (χ2v) is 15.3. The number of carbonyl (C=O) groups is 2. The lowest BCUT2D eigenvalue weighted by molar-refractivity contribution is -0.202. The number of hydrogen-bond donors (Lipinski definition) is 2. The van der Waals surface area contributed by atoms with E-state index in [1.807, 2.05) is 25.1 Å². The molecule has 2 atom stereocenters. The van der Waals surface area contributed by atoms with Crippen LogP contribution in [0.4, 0.5) is 0 Å². The van der Waals surface area contributed by atoms with E-state index < -0.39 is 23.8 Å². The maximum atomic E-state index is 13.6. The number of hydrogen-bond acceptors (Lipinski definition) is 8.